The van der Waals surface area contributed by atoms with Crippen molar-refractivity contribution in [3.05, 3.63) is 95.3 Å². The van der Waals surface area contributed by atoms with E-state index in [1.54, 1.807) is 6.07 Å². The third-order valence-electron chi connectivity index (χ3n) is 3.91. The van der Waals surface area contributed by atoms with Crippen LogP contribution in [0.25, 0.3) is 0 Å². The van der Waals surface area contributed by atoms with Crippen molar-refractivity contribution < 1.29 is 14.7 Å². The van der Waals surface area contributed by atoms with Crippen LogP contribution in [0.4, 0.5) is 0 Å². The lowest BCUT2D eigenvalue weighted by molar-refractivity contribution is 0.0685. The van der Waals surface area contributed by atoms with Crippen LogP contribution in [0.5, 0.6) is 0 Å². The topological polar surface area (TPSA) is 71.3 Å². The molecule has 2 aromatic carbocycles. The van der Waals surface area contributed by atoms with Crippen LogP contribution < -0.4 is 5.32 Å². The van der Waals surface area contributed by atoms with Gasteiger partial charge in [0.05, 0.1) is 0 Å². The molecule has 0 fully saturated rings. The number of aromatic nitrogens is 1. The molecular formula is C20H18N2O3. The minimum absolute atomic E-state index is 0.0914. The molecule has 1 amide bonds. The highest BCUT2D eigenvalue weighted by Crippen LogP contribution is 2.14. The molecule has 5 nitrogen and oxygen atoms in total. The lowest BCUT2D eigenvalue weighted by Gasteiger charge is -2.12. The molecule has 0 atom stereocenters. The first-order valence-corrected chi connectivity index (χ1v) is 7.94. The standard InChI is InChI=1S/C20H18N2O3/c23-19(21-13-15-7-3-1-4-8-15)17-11-12-18(20(24)25)22(17)14-16-9-5-2-6-10-16/h1-12H,13-14H2,(H,21,23)(H,24,25). The lowest BCUT2D eigenvalue weighted by atomic mass is 10.2. The predicted octanol–water partition coefficient (Wildman–Crippen LogP) is 3.16. The van der Waals surface area contributed by atoms with Gasteiger partial charge >= 0.3 is 5.97 Å². The number of nitrogens with one attached hydrogen (secondary N) is 1. The Bertz CT molecular complexity index is 870. The molecule has 0 radical (unpaired) electrons. The Morgan fingerprint density at radius 1 is 0.800 bits per heavy atom. The second-order valence-corrected chi connectivity index (χ2v) is 5.65. The van der Waals surface area contributed by atoms with Crippen molar-refractivity contribution in [3.63, 3.8) is 0 Å². The molecule has 0 saturated heterocycles. The highest BCUT2D eigenvalue weighted by Gasteiger charge is 2.19. The van der Waals surface area contributed by atoms with E-state index in [9.17, 15) is 14.7 Å². The summed E-state index contributed by atoms with van der Waals surface area (Å²) in [4.78, 5) is 24.0. The number of benzene rings is 2. The summed E-state index contributed by atoms with van der Waals surface area (Å²) < 4.78 is 1.53. The van der Waals surface area contributed by atoms with E-state index in [-0.39, 0.29) is 11.6 Å². The third-order valence-corrected chi connectivity index (χ3v) is 3.91. The number of carboxylic acid groups (broad SMARTS) is 1. The number of rotatable bonds is 6. The van der Waals surface area contributed by atoms with Gasteiger partial charge in [-0.05, 0) is 23.3 Å². The Morgan fingerprint density at radius 2 is 1.36 bits per heavy atom. The fraction of sp³-hybridized carbons (Fsp3) is 0.100. The molecule has 1 heterocycles. The maximum atomic E-state index is 12.5. The summed E-state index contributed by atoms with van der Waals surface area (Å²) in [6.45, 7) is 0.710. The van der Waals surface area contributed by atoms with E-state index in [1.165, 1.54) is 10.6 Å². The molecule has 0 unspecified atom stereocenters. The molecule has 2 N–H and O–H groups in total. The Hall–Kier alpha value is -3.34. The number of hydrogen-bond acceptors (Lipinski definition) is 2. The molecule has 0 bridgehead atoms. The fourth-order valence-corrected chi connectivity index (χ4v) is 2.66. The van der Waals surface area contributed by atoms with Gasteiger partial charge in [-0.3, -0.25) is 4.79 Å². The van der Waals surface area contributed by atoms with Gasteiger partial charge in [0, 0.05) is 13.1 Å². The molecule has 0 saturated carbocycles. The molecule has 5 heteroatoms. The van der Waals surface area contributed by atoms with Gasteiger partial charge in [-0.1, -0.05) is 60.7 Å². The zero-order chi connectivity index (χ0) is 17.6. The van der Waals surface area contributed by atoms with E-state index in [1.807, 2.05) is 60.7 Å². The van der Waals surface area contributed by atoms with Gasteiger partial charge in [0.1, 0.15) is 11.4 Å². The SMILES string of the molecule is O=C(O)c1ccc(C(=O)NCc2ccccc2)n1Cc1ccccc1. The average Bonchev–Trinajstić information content (AvgIpc) is 3.05. The van der Waals surface area contributed by atoms with Crippen molar-refractivity contribution >= 4 is 11.9 Å². The Morgan fingerprint density at radius 3 is 1.96 bits per heavy atom. The van der Waals surface area contributed by atoms with Crippen molar-refractivity contribution in [3.8, 4) is 0 Å². The first-order valence-electron chi connectivity index (χ1n) is 7.94. The molecule has 0 aliphatic carbocycles. The van der Waals surface area contributed by atoms with Crippen LogP contribution in [-0.4, -0.2) is 21.6 Å². The van der Waals surface area contributed by atoms with Gasteiger partial charge in [-0.25, -0.2) is 4.79 Å². The van der Waals surface area contributed by atoms with Gasteiger partial charge in [-0.2, -0.15) is 0 Å². The van der Waals surface area contributed by atoms with Gasteiger partial charge in [0.25, 0.3) is 5.91 Å². The van der Waals surface area contributed by atoms with E-state index in [0.29, 0.717) is 18.8 Å². The zero-order valence-corrected chi connectivity index (χ0v) is 13.6. The zero-order valence-electron chi connectivity index (χ0n) is 13.6. The second-order valence-electron chi connectivity index (χ2n) is 5.65. The summed E-state index contributed by atoms with van der Waals surface area (Å²) >= 11 is 0. The van der Waals surface area contributed by atoms with Gasteiger partial charge < -0.3 is 15.0 Å². The molecule has 0 aliphatic rings. The van der Waals surface area contributed by atoms with Crippen LogP contribution in [0.2, 0.25) is 0 Å². The highest BCUT2D eigenvalue weighted by molar-refractivity contribution is 5.95. The first-order chi connectivity index (χ1) is 12.1. The minimum atomic E-state index is -1.06. The van der Waals surface area contributed by atoms with E-state index in [4.69, 9.17) is 0 Å². The Kier molecular flexibility index (Phi) is 4.95. The molecule has 0 aliphatic heterocycles. The summed E-state index contributed by atoms with van der Waals surface area (Å²) in [6.07, 6.45) is 0. The highest BCUT2D eigenvalue weighted by atomic mass is 16.4. The van der Waals surface area contributed by atoms with Crippen LogP contribution in [0, 0.1) is 0 Å². The summed E-state index contributed by atoms with van der Waals surface area (Å²) in [5, 5.41) is 12.2. The fourth-order valence-electron chi connectivity index (χ4n) is 2.66. The number of hydrogen-bond donors (Lipinski definition) is 2. The third kappa shape index (κ3) is 3.95. The van der Waals surface area contributed by atoms with Crippen LogP contribution in [-0.2, 0) is 13.1 Å². The number of carbonyl (C=O) groups is 2. The van der Waals surface area contributed by atoms with Gasteiger partial charge in [0.2, 0.25) is 0 Å². The van der Waals surface area contributed by atoms with Gasteiger partial charge in [0.15, 0.2) is 0 Å². The molecular weight excluding hydrogens is 316 g/mol. The number of nitrogens with zero attached hydrogens (tertiary/aromatic N) is 1. The minimum Gasteiger partial charge on any atom is -0.477 e. The number of carboxylic acids is 1. The second kappa shape index (κ2) is 7.49. The maximum Gasteiger partial charge on any atom is 0.352 e. The van der Waals surface area contributed by atoms with Crippen LogP contribution in [0.15, 0.2) is 72.8 Å². The average molecular weight is 334 g/mol. The van der Waals surface area contributed by atoms with E-state index in [2.05, 4.69) is 5.32 Å². The van der Waals surface area contributed by atoms with Crippen LogP contribution in [0.1, 0.15) is 32.1 Å². The Labute approximate surface area is 145 Å². The maximum absolute atomic E-state index is 12.5. The number of aromatic carboxylic acids is 1. The molecule has 3 aromatic rings. The summed E-state index contributed by atoms with van der Waals surface area (Å²) in [6, 6.07) is 22.0. The van der Waals surface area contributed by atoms with Gasteiger partial charge in [-0.15, -0.1) is 0 Å². The van der Waals surface area contributed by atoms with Crippen molar-refractivity contribution in [1.82, 2.24) is 9.88 Å². The van der Waals surface area contributed by atoms with E-state index >= 15 is 0 Å². The number of carbonyl (C=O) groups excluding carboxylic acids is 1. The molecule has 126 valence electrons. The van der Waals surface area contributed by atoms with Crippen LogP contribution in [0.3, 0.4) is 0 Å². The normalized spacial score (nSPS) is 10.4. The molecule has 25 heavy (non-hydrogen) atoms. The number of amides is 1. The molecule has 1 aromatic heterocycles. The summed E-state index contributed by atoms with van der Waals surface area (Å²) in [7, 11) is 0. The quantitative estimate of drug-likeness (QED) is 0.727. The summed E-state index contributed by atoms with van der Waals surface area (Å²) in [5.74, 6) is -1.36. The van der Waals surface area contributed by atoms with Crippen molar-refractivity contribution in [2.24, 2.45) is 0 Å². The van der Waals surface area contributed by atoms with Crippen molar-refractivity contribution in [2.45, 2.75) is 13.1 Å². The summed E-state index contributed by atoms with van der Waals surface area (Å²) in [5.41, 5.74) is 2.33. The van der Waals surface area contributed by atoms with Crippen molar-refractivity contribution in [1.29, 1.82) is 0 Å². The van der Waals surface area contributed by atoms with Crippen molar-refractivity contribution in [2.75, 3.05) is 0 Å². The predicted molar refractivity (Wildman–Crippen MR) is 94.5 cm³/mol. The smallest absolute Gasteiger partial charge is 0.352 e. The molecule has 0 spiro atoms. The van der Waals surface area contributed by atoms with E-state index < -0.39 is 5.97 Å². The Balaban J connectivity index is 1.82. The van der Waals surface area contributed by atoms with Crippen LogP contribution >= 0.6 is 0 Å². The lowest BCUT2D eigenvalue weighted by Crippen LogP contribution is -2.26. The first kappa shape index (κ1) is 16.5. The van der Waals surface area contributed by atoms with E-state index in [0.717, 1.165) is 11.1 Å². The monoisotopic (exact) mass is 334 g/mol. The largest absolute Gasteiger partial charge is 0.477 e. The molecule has 3 rings (SSSR count).